The number of rotatable bonds is 7. The molecule has 4 aromatic rings. The van der Waals surface area contributed by atoms with Gasteiger partial charge in [-0.3, -0.25) is 4.79 Å². The number of carbonyl (C=O) groups is 1. The van der Waals surface area contributed by atoms with Crippen molar-refractivity contribution in [2.24, 2.45) is 0 Å². The lowest BCUT2D eigenvalue weighted by molar-refractivity contribution is -0.113. The normalized spacial score (nSPS) is 14.1. The van der Waals surface area contributed by atoms with E-state index in [1.165, 1.54) is 29.3 Å². The van der Waals surface area contributed by atoms with E-state index in [2.05, 4.69) is 20.6 Å². The zero-order valence-corrected chi connectivity index (χ0v) is 20.0. The zero-order chi connectivity index (χ0) is 23.7. The molecule has 0 saturated heterocycles. The van der Waals surface area contributed by atoms with E-state index in [-0.39, 0.29) is 11.7 Å². The van der Waals surface area contributed by atoms with Crippen molar-refractivity contribution < 1.29 is 4.79 Å². The summed E-state index contributed by atoms with van der Waals surface area (Å²) in [6.07, 6.45) is 4.72. The molecule has 1 saturated carbocycles. The van der Waals surface area contributed by atoms with Crippen LogP contribution in [0.2, 0.25) is 0 Å². The first-order valence-corrected chi connectivity index (χ1v) is 12.3. The van der Waals surface area contributed by atoms with Gasteiger partial charge in [0.2, 0.25) is 11.1 Å². The van der Waals surface area contributed by atoms with Crippen LogP contribution in [0.25, 0.3) is 11.6 Å². The van der Waals surface area contributed by atoms with Crippen molar-refractivity contribution in [2.75, 3.05) is 16.9 Å². The summed E-state index contributed by atoms with van der Waals surface area (Å²) >= 11 is 1.22. The molecule has 3 aromatic heterocycles. The standard InChI is InChI=1S/C23H27N9OS/c1-15-12-16(2)31(28-15)22-26-27-23(30(22)24)34-14-21(33)25-20-13-19(17-8-6-7-9-17)29-32(20)18-10-4-3-5-11-18/h3-5,10-13,17H,6-9,14,24H2,1-2H3,(H,25,33). The molecule has 0 aliphatic heterocycles. The Morgan fingerprint density at radius 2 is 1.85 bits per heavy atom. The number of nitrogens with zero attached hydrogens (tertiary/aromatic N) is 7. The molecule has 1 aromatic carbocycles. The number of carbonyl (C=O) groups excluding carboxylic acids is 1. The van der Waals surface area contributed by atoms with Crippen LogP contribution in [0, 0.1) is 13.8 Å². The number of aromatic nitrogens is 7. The lowest BCUT2D eigenvalue weighted by Crippen LogP contribution is -2.19. The highest BCUT2D eigenvalue weighted by atomic mass is 32.2. The Hall–Kier alpha value is -3.60. The maximum atomic E-state index is 12.9. The Morgan fingerprint density at radius 3 is 2.56 bits per heavy atom. The molecule has 11 heteroatoms. The van der Waals surface area contributed by atoms with Gasteiger partial charge in [0.1, 0.15) is 5.82 Å². The Bertz CT molecular complexity index is 1300. The van der Waals surface area contributed by atoms with Crippen LogP contribution in [0.15, 0.2) is 47.6 Å². The number of anilines is 1. The van der Waals surface area contributed by atoms with Crippen LogP contribution in [0.5, 0.6) is 0 Å². The molecule has 0 spiro atoms. The first-order chi connectivity index (χ1) is 16.5. The number of thioether (sulfide) groups is 1. The van der Waals surface area contributed by atoms with Gasteiger partial charge in [-0.2, -0.15) is 10.2 Å². The summed E-state index contributed by atoms with van der Waals surface area (Å²) in [6, 6.07) is 13.8. The summed E-state index contributed by atoms with van der Waals surface area (Å²) in [4.78, 5) is 12.9. The van der Waals surface area contributed by atoms with E-state index in [1.54, 1.807) is 4.68 Å². The monoisotopic (exact) mass is 477 g/mol. The minimum Gasteiger partial charge on any atom is -0.334 e. The Balaban J connectivity index is 1.31. The Kier molecular flexibility index (Phi) is 6.10. The molecule has 34 heavy (non-hydrogen) atoms. The van der Waals surface area contributed by atoms with Gasteiger partial charge in [0, 0.05) is 17.7 Å². The highest BCUT2D eigenvalue weighted by Crippen LogP contribution is 2.35. The number of nitrogens with one attached hydrogen (secondary N) is 1. The average molecular weight is 478 g/mol. The third kappa shape index (κ3) is 4.43. The molecule has 176 valence electrons. The number of nitrogens with two attached hydrogens (primary N) is 1. The molecule has 0 bridgehead atoms. The molecule has 1 aliphatic carbocycles. The molecule has 3 N–H and O–H groups in total. The fourth-order valence-electron chi connectivity index (χ4n) is 4.33. The molecular formula is C23H27N9OS. The number of aryl methyl sites for hydroxylation is 2. The summed E-state index contributed by atoms with van der Waals surface area (Å²) in [5.74, 6) is 7.66. The van der Waals surface area contributed by atoms with Gasteiger partial charge in [-0.1, -0.05) is 42.8 Å². The van der Waals surface area contributed by atoms with Crippen LogP contribution in [0.1, 0.15) is 48.7 Å². The highest BCUT2D eigenvalue weighted by molar-refractivity contribution is 7.99. The molecular weight excluding hydrogens is 450 g/mol. The van der Waals surface area contributed by atoms with Crippen molar-refractivity contribution in [3.8, 4) is 11.6 Å². The van der Waals surface area contributed by atoms with Crippen LogP contribution >= 0.6 is 11.8 Å². The van der Waals surface area contributed by atoms with Crippen molar-refractivity contribution in [3.05, 3.63) is 59.5 Å². The Morgan fingerprint density at radius 1 is 1.09 bits per heavy atom. The molecule has 3 heterocycles. The minimum absolute atomic E-state index is 0.130. The number of nitrogen functional groups attached to an aromatic ring is 1. The smallest absolute Gasteiger partial charge is 0.271 e. The van der Waals surface area contributed by atoms with Gasteiger partial charge >= 0.3 is 0 Å². The van der Waals surface area contributed by atoms with Crippen molar-refractivity contribution in [3.63, 3.8) is 0 Å². The van der Waals surface area contributed by atoms with Gasteiger partial charge in [-0.15, -0.1) is 10.2 Å². The maximum Gasteiger partial charge on any atom is 0.271 e. The average Bonchev–Trinajstić information content (AvgIpc) is 3.61. The van der Waals surface area contributed by atoms with Crippen LogP contribution in [0.3, 0.4) is 0 Å². The molecule has 1 amide bonds. The maximum absolute atomic E-state index is 12.9. The zero-order valence-electron chi connectivity index (χ0n) is 19.2. The fraction of sp³-hybridized carbons (Fsp3) is 0.348. The summed E-state index contributed by atoms with van der Waals surface area (Å²) in [6.45, 7) is 3.82. The highest BCUT2D eigenvalue weighted by Gasteiger charge is 2.23. The summed E-state index contributed by atoms with van der Waals surface area (Å²) in [5, 5.41) is 21.0. The van der Waals surface area contributed by atoms with E-state index >= 15 is 0 Å². The molecule has 0 unspecified atom stereocenters. The first-order valence-electron chi connectivity index (χ1n) is 11.3. The largest absolute Gasteiger partial charge is 0.334 e. The second kappa shape index (κ2) is 9.34. The number of amides is 1. The number of hydrogen-bond acceptors (Lipinski definition) is 7. The van der Waals surface area contributed by atoms with Crippen molar-refractivity contribution >= 4 is 23.5 Å². The third-order valence-electron chi connectivity index (χ3n) is 5.95. The molecule has 0 atom stereocenters. The van der Waals surface area contributed by atoms with E-state index in [1.807, 2.05) is 61.0 Å². The topological polar surface area (TPSA) is 121 Å². The molecule has 1 aliphatic rings. The van der Waals surface area contributed by atoms with Gasteiger partial charge in [-0.25, -0.2) is 14.0 Å². The van der Waals surface area contributed by atoms with Gasteiger partial charge in [0.15, 0.2) is 0 Å². The van der Waals surface area contributed by atoms with Crippen LogP contribution in [-0.4, -0.2) is 46.1 Å². The molecule has 10 nitrogen and oxygen atoms in total. The number of para-hydroxylation sites is 1. The van der Waals surface area contributed by atoms with Gasteiger partial charge in [-0.05, 0) is 44.9 Å². The fourth-order valence-corrected chi connectivity index (χ4v) is 4.98. The summed E-state index contributed by atoms with van der Waals surface area (Å²) in [5.41, 5.74) is 3.70. The van der Waals surface area contributed by atoms with Crippen LogP contribution in [-0.2, 0) is 4.79 Å². The molecule has 5 rings (SSSR count). The quantitative estimate of drug-likeness (QED) is 0.309. The predicted octanol–water partition coefficient (Wildman–Crippen LogP) is 3.37. The van der Waals surface area contributed by atoms with E-state index in [0.717, 1.165) is 35.6 Å². The van der Waals surface area contributed by atoms with Gasteiger partial charge < -0.3 is 11.2 Å². The molecule has 1 fully saturated rings. The number of benzene rings is 1. The second-order valence-corrected chi connectivity index (χ2v) is 9.45. The minimum atomic E-state index is -0.171. The van der Waals surface area contributed by atoms with Crippen molar-refractivity contribution in [1.29, 1.82) is 0 Å². The Labute approximate surface area is 201 Å². The summed E-state index contributed by atoms with van der Waals surface area (Å²) < 4.78 is 4.79. The van der Waals surface area contributed by atoms with E-state index in [4.69, 9.17) is 10.9 Å². The summed E-state index contributed by atoms with van der Waals surface area (Å²) in [7, 11) is 0. The van der Waals surface area contributed by atoms with Crippen LogP contribution < -0.4 is 11.2 Å². The SMILES string of the molecule is Cc1cc(C)n(-c2nnc(SCC(=O)Nc3cc(C4CCCC4)nn3-c3ccccc3)n2N)n1. The lowest BCUT2D eigenvalue weighted by Gasteiger charge is -2.09. The first kappa shape index (κ1) is 22.2. The third-order valence-corrected chi connectivity index (χ3v) is 6.89. The van der Waals surface area contributed by atoms with Crippen LogP contribution in [0.4, 0.5) is 5.82 Å². The molecule has 0 radical (unpaired) electrons. The lowest BCUT2D eigenvalue weighted by atomic mass is 10.0. The van der Waals surface area contributed by atoms with E-state index in [9.17, 15) is 4.79 Å². The number of hydrogen-bond donors (Lipinski definition) is 2. The van der Waals surface area contributed by atoms with Crippen molar-refractivity contribution in [2.45, 2.75) is 50.6 Å². The van der Waals surface area contributed by atoms with E-state index < -0.39 is 0 Å². The van der Waals surface area contributed by atoms with Gasteiger partial charge in [0.25, 0.3) is 5.95 Å². The predicted molar refractivity (Wildman–Crippen MR) is 131 cm³/mol. The van der Waals surface area contributed by atoms with Gasteiger partial charge in [0.05, 0.1) is 22.8 Å². The van der Waals surface area contributed by atoms with E-state index in [0.29, 0.717) is 22.8 Å². The van der Waals surface area contributed by atoms with Crippen molar-refractivity contribution in [1.82, 2.24) is 34.4 Å². The second-order valence-electron chi connectivity index (χ2n) is 8.51.